The minimum atomic E-state index is 0.411. The fraction of sp³-hybridized carbons (Fsp3) is 0.972. The van der Waals surface area contributed by atoms with E-state index in [0.717, 1.165) is 39.0 Å². The molecule has 0 spiro atoms. The zero-order valence-corrected chi connectivity index (χ0v) is 27.1. The summed E-state index contributed by atoms with van der Waals surface area (Å²) in [5.74, 6) is 0.411. The van der Waals surface area contributed by atoms with Gasteiger partial charge in [0.25, 0.3) is 0 Å². The van der Waals surface area contributed by atoms with E-state index in [4.69, 9.17) is 0 Å². The van der Waals surface area contributed by atoms with Crippen molar-refractivity contribution < 1.29 is 4.79 Å². The standard InChI is InChI=1S/C36H72N2O/c1-3-5-7-9-11-13-15-17-19-21-23-25-27-29-31-37-32-34-38(35-33-37)36(39)30-28-26-24-22-20-18-16-14-12-10-8-6-4-2/h3-35H2,1-2H3. The van der Waals surface area contributed by atoms with Gasteiger partial charge in [0.15, 0.2) is 0 Å². The summed E-state index contributed by atoms with van der Waals surface area (Å²) < 4.78 is 0. The van der Waals surface area contributed by atoms with E-state index in [9.17, 15) is 4.79 Å². The molecular weight excluding hydrogens is 476 g/mol. The van der Waals surface area contributed by atoms with Gasteiger partial charge in [-0.25, -0.2) is 0 Å². The Morgan fingerprint density at radius 2 is 0.718 bits per heavy atom. The summed E-state index contributed by atoms with van der Waals surface area (Å²) in [4.78, 5) is 17.3. The molecule has 3 nitrogen and oxygen atoms in total. The van der Waals surface area contributed by atoms with E-state index in [1.807, 2.05) is 0 Å². The van der Waals surface area contributed by atoms with Crippen molar-refractivity contribution in [2.24, 2.45) is 0 Å². The molecule has 1 heterocycles. The number of rotatable bonds is 29. The average Bonchev–Trinajstić information content (AvgIpc) is 2.96. The third-order valence-corrected chi connectivity index (χ3v) is 9.05. The van der Waals surface area contributed by atoms with Crippen molar-refractivity contribution in [3.05, 3.63) is 0 Å². The largest absolute Gasteiger partial charge is 0.340 e. The van der Waals surface area contributed by atoms with Gasteiger partial charge in [-0.3, -0.25) is 9.69 Å². The lowest BCUT2D eigenvalue weighted by Crippen LogP contribution is -2.48. The highest BCUT2D eigenvalue weighted by Gasteiger charge is 2.20. The Morgan fingerprint density at radius 1 is 0.410 bits per heavy atom. The second-order valence-corrected chi connectivity index (χ2v) is 12.8. The van der Waals surface area contributed by atoms with Crippen LogP contribution in [0.2, 0.25) is 0 Å². The molecule has 0 bridgehead atoms. The van der Waals surface area contributed by atoms with Gasteiger partial charge in [-0.2, -0.15) is 0 Å². The third kappa shape index (κ3) is 23.8. The maximum atomic E-state index is 12.6. The Bertz CT molecular complexity index is 500. The molecule has 1 rings (SSSR count). The summed E-state index contributed by atoms with van der Waals surface area (Å²) in [6.07, 6.45) is 38.5. The molecule has 1 saturated heterocycles. The summed E-state index contributed by atoms with van der Waals surface area (Å²) in [5.41, 5.74) is 0. The lowest BCUT2D eigenvalue weighted by atomic mass is 10.0. The minimum Gasteiger partial charge on any atom is -0.340 e. The SMILES string of the molecule is CCCCCCCCCCCCCCCCN1CCN(C(=O)CCCCCCCCCCCCCCC)CC1. The fourth-order valence-electron chi connectivity index (χ4n) is 6.20. The molecule has 0 atom stereocenters. The molecule has 0 N–H and O–H groups in total. The maximum absolute atomic E-state index is 12.6. The molecular formula is C36H72N2O. The van der Waals surface area contributed by atoms with Crippen LogP contribution >= 0.6 is 0 Å². The minimum absolute atomic E-state index is 0.411. The van der Waals surface area contributed by atoms with E-state index in [-0.39, 0.29) is 0 Å². The Hall–Kier alpha value is -0.570. The monoisotopic (exact) mass is 549 g/mol. The molecule has 0 radical (unpaired) electrons. The van der Waals surface area contributed by atoms with E-state index in [0.29, 0.717) is 5.91 Å². The first-order valence-electron chi connectivity index (χ1n) is 18.3. The van der Waals surface area contributed by atoms with E-state index in [1.165, 1.54) is 173 Å². The second kappa shape index (κ2) is 28.9. The highest BCUT2D eigenvalue weighted by molar-refractivity contribution is 5.76. The van der Waals surface area contributed by atoms with Gasteiger partial charge < -0.3 is 4.90 Å². The molecule has 0 aromatic heterocycles. The van der Waals surface area contributed by atoms with Crippen molar-refractivity contribution >= 4 is 5.91 Å². The highest BCUT2D eigenvalue weighted by atomic mass is 16.2. The summed E-state index contributed by atoms with van der Waals surface area (Å²) >= 11 is 0. The topological polar surface area (TPSA) is 23.6 Å². The molecule has 1 aliphatic rings. The van der Waals surface area contributed by atoms with Gasteiger partial charge in [-0.05, 0) is 19.4 Å². The third-order valence-electron chi connectivity index (χ3n) is 9.05. The van der Waals surface area contributed by atoms with Crippen LogP contribution < -0.4 is 0 Å². The van der Waals surface area contributed by atoms with Crippen molar-refractivity contribution in [2.75, 3.05) is 32.7 Å². The molecule has 0 aliphatic carbocycles. The normalized spacial score (nSPS) is 14.4. The van der Waals surface area contributed by atoms with Crippen LogP contribution in [-0.4, -0.2) is 48.4 Å². The number of unbranched alkanes of at least 4 members (excludes halogenated alkanes) is 25. The van der Waals surface area contributed by atoms with Gasteiger partial charge in [-0.15, -0.1) is 0 Å². The average molecular weight is 549 g/mol. The van der Waals surface area contributed by atoms with Gasteiger partial charge in [0, 0.05) is 32.6 Å². The van der Waals surface area contributed by atoms with Crippen molar-refractivity contribution in [3.63, 3.8) is 0 Å². The van der Waals surface area contributed by atoms with Crippen LogP contribution in [0.15, 0.2) is 0 Å². The fourth-order valence-corrected chi connectivity index (χ4v) is 6.20. The molecule has 0 aromatic carbocycles. The van der Waals surface area contributed by atoms with Crippen LogP contribution in [0.4, 0.5) is 0 Å². The number of piperazine rings is 1. The molecule has 0 unspecified atom stereocenters. The zero-order valence-electron chi connectivity index (χ0n) is 27.1. The van der Waals surface area contributed by atoms with Crippen LogP contribution in [-0.2, 0) is 4.79 Å². The highest BCUT2D eigenvalue weighted by Crippen LogP contribution is 2.15. The van der Waals surface area contributed by atoms with Crippen molar-refractivity contribution in [2.45, 2.75) is 194 Å². The van der Waals surface area contributed by atoms with Gasteiger partial charge in [0.2, 0.25) is 5.91 Å². The van der Waals surface area contributed by atoms with Gasteiger partial charge in [0.05, 0.1) is 0 Å². The number of hydrogen-bond acceptors (Lipinski definition) is 2. The lowest BCUT2D eigenvalue weighted by Gasteiger charge is -2.34. The summed E-state index contributed by atoms with van der Waals surface area (Å²) in [6, 6.07) is 0. The quantitative estimate of drug-likeness (QED) is 0.0868. The zero-order chi connectivity index (χ0) is 28.1. The Labute approximate surface area is 246 Å². The molecule has 1 fully saturated rings. The molecule has 3 heteroatoms. The second-order valence-electron chi connectivity index (χ2n) is 12.8. The first kappa shape index (κ1) is 36.5. The smallest absolute Gasteiger partial charge is 0.222 e. The number of hydrogen-bond donors (Lipinski definition) is 0. The molecule has 39 heavy (non-hydrogen) atoms. The number of carbonyl (C=O) groups excluding carboxylic acids is 1. The maximum Gasteiger partial charge on any atom is 0.222 e. The Kier molecular flexibility index (Phi) is 27.1. The van der Waals surface area contributed by atoms with E-state index in [1.54, 1.807) is 0 Å². The summed E-state index contributed by atoms with van der Waals surface area (Å²) in [5, 5.41) is 0. The number of amides is 1. The first-order chi connectivity index (χ1) is 19.3. The van der Waals surface area contributed by atoms with E-state index in [2.05, 4.69) is 23.6 Å². The lowest BCUT2D eigenvalue weighted by molar-refractivity contribution is -0.133. The summed E-state index contributed by atoms with van der Waals surface area (Å²) in [6.45, 7) is 9.90. The van der Waals surface area contributed by atoms with E-state index >= 15 is 0 Å². The van der Waals surface area contributed by atoms with Crippen molar-refractivity contribution in [1.29, 1.82) is 0 Å². The summed E-state index contributed by atoms with van der Waals surface area (Å²) in [7, 11) is 0. The first-order valence-corrected chi connectivity index (χ1v) is 18.3. The van der Waals surface area contributed by atoms with Crippen LogP contribution in [0.5, 0.6) is 0 Å². The Balaban J connectivity index is 1.82. The molecule has 1 aliphatic heterocycles. The van der Waals surface area contributed by atoms with E-state index < -0.39 is 0 Å². The van der Waals surface area contributed by atoms with Crippen molar-refractivity contribution in [3.8, 4) is 0 Å². The van der Waals surface area contributed by atoms with Crippen LogP contribution in [0.25, 0.3) is 0 Å². The predicted octanol–water partition coefficient (Wildman–Crippen LogP) is 11.1. The predicted molar refractivity (Wildman–Crippen MR) is 174 cm³/mol. The van der Waals surface area contributed by atoms with Crippen molar-refractivity contribution in [1.82, 2.24) is 9.80 Å². The van der Waals surface area contributed by atoms with Gasteiger partial charge >= 0.3 is 0 Å². The van der Waals surface area contributed by atoms with Gasteiger partial charge in [-0.1, -0.05) is 174 Å². The molecule has 1 amide bonds. The number of carbonyl (C=O) groups is 1. The van der Waals surface area contributed by atoms with Crippen LogP contribution in [0.1, 0.15) is 194 Å². The van der Waals surface area contributed by atoms with Crippen LogP contribution in [0.3, 0.4) is 0 Å². The number of nitrogens with zero attached hydrogens (tertiary/aromatic N) is 2. The molecule has 0 aromatic rings. The van der Waals surface area contributed by atoms with Crippen LogP contribution in [0, 0.1) is 0 Å². The Morgan fingerprint density at radius 3 is 1.08 bits per heavy atom. The van der Waals surface area contributed by atoms with Gasteiger partial charge in [0.1, 0.15) is 0 Å². The molecule has 0 saturated carbocycles. The molecule has 232 valence electrons.